The minimum Gasteiger partial charge on any atom is -0.465 e. The first kappa shape index (κ1) is 81.7. The van der Waals surface area contributed by atoms with E-state index in [4.69, 9.17) is 4.74 Å². The summed E-state index contributed by atoms with van der Waals surface area (Å²) in [5, 5.41) is 11.2. The molecule has 0 aromatic heterocycles. The second-order valence-corrected chi connectivity index (χ2v) is 28.0. The van der Waals surface area contributed by atoms with E-state index in [2.05, 4.69) is 21.3 Å². The normalized spacial score (nSPS) is 25.1. The summed E-state index contributed by atoms with van der Waals surface area (Å²) in [5.41, 5.74) is 1.18. The van der Waals surface area contributed by atoms with Gasteiger partial charge in [0.1, 0.15) is 60.4 Å². The van der Waals surface area contributed by atoms with Gasteiger partial charge in [0.2, 0.25) is 65.0 Å². The third-order valence-corrected chi connectivity index (χ3v) is 17.3. The number of methoxy groups -OCH3 is 1. The second-order valence-electron chi connectivity index (χ2n) is 28.0. The molecule has 1 aromatic rings. The molecule has 11 amide bonds. The summed E-state index contributed by atoms with van der Waals surface area (Å²) < 4.78 is 4.83. The summed E-state index contributed by atoms with van der Waals surface area (Å²) in [6, 6.07) is -4.99. The molecule has 1 aliphatic heterocycles. The maximum Gasteiger partial charge on any atom is 0.337 e. The Bertz CT molecular complexity index is 2770. The minimum atomic E-state index is -1.23. The Morgan fingerprint density at radius 3 is 1.38 bits per heavy atom. The van der Waals surface area contributed by atoms with Crippen LogP contribution in [0.15, 0.2) is 30.3 Å². The van der Waals surface area contributed by atoms with Crippen molar-refractivity contribution < 1.29 is 62.3 Å². The van der Waals surface area contributed by atoms with Crippen LogP contribution in [0, 0.1) is 41.4 Å². The smallest absolute Gasteiger partial charge is 0.337 e. The third kappa shape index (κ3) is 23.5. The van der Waals surface area contributed by atoms with E-state index in [-0.39, 0.29) is 68.1 Å². The van der Waals surface area contributed by atoms with Crippen LogP contribution in [-0.2, 0) is 57.5 Å². The highest BCUT2D eigenvalue weighted by Crippen LogP contribution is 2.26. The van der Waals surface area contributed by atoms with Crippen molar-refractivity contribution in [3.05, 3.63) is 41.5 Å². The molecule has 1 aliphatic rings. The number of amides is 11. The van der Waals surface area contributed by atoms with Crippen LogP contribution in [0.1, 0.15) is 172 Å². The third-order valence-electron chi connectivity index (χ3n) is 17.3. The van der Waals surface area contributed by atoms with Gasteiger partial charge in [0.15, 0.2) is 0 Å². The fourth-order valence-corrected chi connectivity index (χ4v) is 11.6. The van der Waals surface area contributed by atoms with Crippen LogP contribution in [0.3, 0.4) is 0 Å². The predicted molar refractivity (Wildman–Crippen MR) is 359 cm³/mol. The van der Waals surface area contributed by atoms with Crippen molar-refractivity contribution in [1.29, 1.82) is 0 Å². The summed E-state index contributed by atoms with van der Waals surface area (Å²) in [7, 11) is 11.5. The number of nitrogens with one attached hydrogen (secondary N) is 4. The quantitative estimate of drug-likeness (QED) is 0.146. The van der Waals surface area contributed by atoms with E-state index in [0.717, 1.165) is 10.5 Å². The molecule has 0 aliphatic carbocycles. The molecule has 2 rings (SSSR count). The van der Waals surface area contributed by atoms with Crippen molar-refractivity contribution in [1.82, 2.24) is 55.6 Å². The average molecular weight is 1310 g/mol. The number of hydrogen-bond donors (Lipinski definition) is 4. The molecule has 0 bridgehead atoms. The van der Waals surface area contributed by atoms with Crippen molar-refractivity contribution in [3.8, 4) is 0 Å². The van der Waals surface area contributed by atoms with Gasteiger partial charge in [-0.2, -0.15) is 0 Å². The summed E-state index contributed by atoms with van der Waals surface area (Å²) >= 11 is 0. The summed E-state index contributed by atoms with van der Waals surface area (Å²) in [6.07, 6.45) is 4.98. The monoisotopic (exact) mass is 1310 g/mol. The van der Waals surface area contributed by atoms with Gasteiger partial charge >= 0.3 is 5.97 Å². The number of allylic oxidation sites excluding steroid dienone is 1. The number of hydrogen-bond acceptors (Lipinski definition) is 13. The van der Waals surface area contributed by atoms with Crippen molar-refractivity contribution in [2.45, 2.75) is 216 Å². The zero-order valence-electron chi connectivity index (χ0n) is 60.4. The van der Waals surface area contributed by atoms with Gasteiger partial charge in [-0.1, -0.05) is 121 Å². The van der Waals surface area contributed by atoms with E-state index < -0.39 is 150 Å². The van der Waals surface area contributed by atoms with E-state index >= 15 is 19.2 Å². The van der Waals surface area contributed by atoms with Gasteiger partial charge in [-0.05, 0) is 118 Å². The van der Waals surface area contributed by atoms with Gasteiger partial charge in [-0.15, -0.1) is 0 Å². The van der Waals surface area contributed by atoms with Crippen molar-refractivity contribution in [2.75, 3.05) is 63.0 Å². The molecule has 11 atom stereocenters. The lowest BCUT2D eigenvalue weighted by molar-refractivity contribution is -0.156. The van der Waals surface area contributed by atoms with E-state index in [1.807, 2.05) is 74.5 Å². The van der Waals surface area contributed by atoms with Crippen molar-refractivity contribution in [3.63, 3.8) is 0 Å². The molecule has 0 spiro atoms. The van der Waals surface area contributed by atoms with E-state index in [9.17, 15) is 38.4 Å². The van der Waals surface area contributed by atoms with Crippen LogP contribution < -0.4 is 21.3 Å². The predicted octanol–water partition coefficient (Wildman–Crippen LogP) is 5.22. The van der Waals surface area contributed by atoms with E-state index in [0.29, 0.717) is 12.0 Å². The summed E-state index contributed by atoms with van der Waals surface area (Å²) in [4.78, 5) is 182. The van der Waals surface area contributed by atoms with Crippen LogP contribution in [-0.4, -0.2) is 229 Å². The van der Waals surface area contributed by atoms with Gasteiger partial charge < -0.3 is 60.3 Å². The highest BCUT2D eigenvalue weighted by molar-refractivity contribution is 5.99. The SMILES string of the molecule is CCC1NC(=O)C(CC(C)CC=Cc2ccc(C(=O)OC)cc2)N(C)C(=O)C(C(C)C)N(C)C(=O)C(CC(C)C)N(C)C(=O)C(CC(C)C)N(C)C(=O)C(C)NC(=O)C(C)NC(=O)C(CC(C)C)N(C)C(=O)C(C(C)C)NC(=O)C(CC(C)C)N(C)C(=O)CN(C)C1=O. The largest absolute Gasteiger partial charge is 0.465 e. The molecular formula is C69H115N11O13. The topological polar surface area (TPSA) is 285 Å². The number of benzene rings is 1. The van der Waals surface area contributed by atoms with Crippen LogP contribution in [0.2, 0.25) is 0 Å². The van der Waals surface area contributed by atoms with Gasteiger partial charge in [0.25, 0.3) is 0 Å². The number of esters is 1. The minimum absolute atomic E-state index is 0.0674. The molecule has 4 N–H and O–H groups in total. The Labute approximate surface area is 554 Å². The first-order chi connectivity index (χ1) is 43.1. The lowest BCUT2D eigenvalue weighted by atomic mass is 9.93. The van der Waals surface area contributed by atoms with Crippen LogP contribution >= 0.6 is 0 Å². The van der Waals surface area contributed by atoms with Gasteiger partial charge in [0.05, 0.1) is 19.2 Å². The van der Waals surface area contributed by atoms with E-state index in [1.54, 1.807) is 58.9 Å². The number of carbonyl (C=O) groups excluding carboxylic acids is 12. The second kappa shape index (κ2) is 37.5. The Morgan fingerprint density at radius 1 is 0.484 bits per heavy atom. The number of ether oxygens (including phenoxy) is 1. The molecular weight excluding hydrogens is 1190 g/mol. The Balaban J connectivity index is 2.96. The number of carbonyl (C=O) groups is 12. The molecule has 524 valence electrons. The Kier molecular flexibility index (Phi) is 32.9. The van der Waals surface area contributed by atoms with Crippen molar-refractivity contribution >= 4 is 77.0 Å². The molecule has 11 unspecified atom stereocenters. The molecule has 1 fully saturated rings. The lowest BCUT2D eigenvalue weighted by Gasteiger charge is -2.41. The first-order valence-corrected chi connectivity index (χ1v) is 33.1. The average Bonchev–Trinajstić information content (AvgIpc) is 0.827. The standard InChI is InChI=1S/C69H115N11O13/c1-25-50-64(87)74(17)38-56(81)75(18)51(33-39(2)3)62(85)73-57(43(10)11)67(90)76(19)52(34-40(4)5)60(83)70-46(15)59(82)71-47(16)63(86)78(21)54(35-41(6)7)65(88)79(22)55(36-42(8)9)66(89)80(23)58(44(12)13)68(91)77(20)53(61(84)72-50)37-45(14)27-26-28-48-29-31-49(32-30-48)69(92)93-24/h26,28-32,39-47,50-55,57-58H,25,27,33-38H2,1-24H3,(H,70,83)(H,71,82)(H,72,84)(H,73,85). The molecule has 0 radical (unpaired) electrons. The Hall–Kier alpha value is -7.40. The molecule has 1 aromatic carbocycles. The number of nitrogens with zero attached hydrogens (tertiary/aromatic N) is 7. The molecule has 1 heterocycles. The van der Waals surface area contributed by atoms with Gasteiger partial charge in [-0.25, -0.2) is 4.79 Å². The van der Waals surface area contributed by atoms with Crippen molar-refractivity contribution in [2.24, 2.45) is 41.4 Å². The molecule has 93 heavy (non-hydrogen) atoms. The molecule has 1 saturated heterocycles. The lowest BCUT2D eigenvalue weighted by Crippen LogP contribution is -2.61. The van der Waals surface area contributed by atoms with Gasteiger partial charge in [0, 0.05) is 49.3 Å². The maximum absolute atomic E-state index is 15.3. The number of likely N-dealkylation sites (N-methyl/N-ethyl adjacent to an activating group) is 7. The fraction of sp³-hybridized carbons (Fsp3) is 0.710. The molecule has 24 heteroatoms. The van der Waals surface area contributed by atoms with E-state index in [1.165, 1.54) is 99.7 Å². The highest BCUT2D eigenvalue weighted by atomic mass is 16.5. The summed E-state index contributed by atoms with van der Waals surface area (Å²) in [6.45, 7) is 28.0. The summed E-state index contributed by atoms with van der Waals surface area (Å²) in [5.74, 6) is -9.37. The zero-order valence-corrected chi connectivity index (χ0v) is 60.4. The van der Waals surface area contributed by atoms with Gasteiger partial charge in [-0.3, -0.25) is 52.7 Å². The van der Waals surface area contributed by atoms with Crippen LogP contribution in [0.25, 0.3) is 6.08 Å². The zero-order chi connectivity index (χ0) is 71.4. The maximum atomic E-state index is 15.3. The Morgan fingerprint density at radius 2 is 0.903 bits per heavy atom. The van der Waals surface area contributed by atoms with Crippen LogP contribution in [0.4, 0.5) is 0 Å². The fourth-order valence-electron chi connectivity index (χ4n) is 11.6. The first-order valence-electron chi connectivity index (χ1n) is 33.1. The highest BCUT2D eigenvalue weighted by Gasteiger charge is 2.44. The molecule has 0 saturated carbocycles. The van der Waals surface area contributed by atoms with Crippen LogP contribution in [0.5, 0.6) is 0 Å². The molecule has 24 nitrogen and oxygen atoms in total. The number of rotatable bonds is 17.